The lowest BCUT2D eigenvalue weighted by Gasteiger charge is -2.15. The number of esters is 1. The summed E-state index contributed by atoms with van der Waals surface area (Å²) in [6, 6.07) is 6.54. The fourth-order valence-electron chi connectivity index (χ4n) is 1.43. The minimum atomic E-state index is -0.527. The molecule has 0 saturated carbocycles. The van der Waals surface area contributed by atoms with Gasteiger partial charge in [-0.2, -0.15) is 0 Å². The van der Waals surface area contributed by atoms with Crippen molar-refractivity contribution in [1.82, 2.24) is 0 Å². The third-order valence-electron chi connectivity index (χ3n) is 2.18. The molecule has 82 valence electrons. The molecular weight excluding hydrogens is 208 g/mol. The minimum Gasteiger partial charge on any atom is -0.497 e. The number of ether oxygens (including phenoxy) is 2. The Labute approximate surface area is 92.5 Å². The van der Waals surface area contributed by atoms with Gasteiger partial charge >= 0.3 is 5.97 Å². The molecule has 0 saturated heterocycles. The van der Waals surface area contributed by atoms with Gasteiger partial charge in [0.1, 0.15) is 6.26 Å². The van der Waals surface area contributed by atoms with E-state index >= 15 is 0 Å². The second-order valence-corrected chi connectivity index (χ2v) is 3.20. The third kappa shape index (κ3) is 1.69. The van der Waals surface area contributed by atoms with Crippen molar-refractivity contribution >= 4 is 11.8 Å². The molecule has 4 nitrogen and oxygen atoms in total. The number of Topliss-reactive ketones (excluding diaryl/α,β-unsaturated/α-hetero) is 1. The van der Waals surface area contributed by atoms with Gasteiger partial charge in [0.2, 0.25) is 11.5 Å². The lowest BCUT2D eigenvalue weighted by molar-refractivity contribution is 0.0544. The lowest BCUT2D eigenvalue weighted by atomic mass is 10.0. The number of ketones is 1. The number of allylic oxidation sites excluding steroid dienone is 1. The molecule has 2 rings (SSSR count). The molecule has 0 radical (unpaired) electrons. The maximum atomic E-state index is 11.8. The number of hydrogen-bond donors (Lipinski definition) is 0. The monoisotopic (exact) mass is 218 g/mol. The first-order chi connectivity index (χ1) is 7.74. The highest BCUT2D eigenvalue weighted by molar-refractivity contribution is 6.17. The highest BCUT2D eigenvalue weighted by Crippen LogP contribution is 2.22. The van der Waals surface area contributed by atoms with Crippen molar-refractivity contribution in [3.63, 3.8) is 0 Å². The van der Waals surface area contributed by atoms with Gasteiger partial charge in [-0.05, 0) is 13.0 Å². The Morgan fingerprint density at radius 2 is 1.94 bits per heavy atom. The predicted octanol–water partition coefficient (Wildman–Crippen LogP) is 1.92. The van der Waals surface area contributed by atoms with Gasteiger partial charge in [0.15, 0.2) is 0 Å². The largest absolute Gasteiger partial charge is 0.497 e. The topological polar surface area (TPSA) is 52.6 Å². The van der Waals surface area contributed by atoms with Gasteiger partial charge in [-0.25, -0.2) is 4.79 Å². The van der Waals surface area contributed by atoms with E-state index < -0.39 is 5.97 Å². The molecule has 0 amide bonds. The molecule has 0 unspecified atom stereocenters. The first-order valence-corrected chi connectivity index (χ1v) is 4.91. The summed E-state index contributed by atoms with van der Waals surface area (Å²) in [5.41, 5.74) is 0.644. The molecule has 0 aromatic heterocycles. The highest BCUT2D eigenvalue weighted by Gasteiger charge is 2.29. The second-order valence-electron chi connectivity index (χ2n) is 3.20. The van der Waals surface area contributed by atoms with E-state index in [2.05, 4.69) is 0 Å². The molecule has 1 aromatic carbocycles. The van der Waals surface area contributed by atoms with Gasteiger partial charge in [-0.1, -0.05) is 18.2 Å². The third-order valence-corrected chi connectivity index (χ3v) is 2.18. The Kier molecular flexibility index (Phi) is 2.72. The van der Waals surface area contributed by atoms with Crippen LogP contribution in [0.4, 0.5) is 0 Å². The Morgan fingerprint density at radius 3 is 2.62 bits per heavy atom. The van der Waals surface area contributed by atoms with E-state index in [9.17, 15) is 9.59 Å². The molecule has 1 aliphatic heterocycles. The van der Waals surface area contributed by atoms with Crippen molar-refractivity contribution in [2.45, 2.75) is 6.92 Å². The maximum Gasteiger partial charge on any atom is 0.344 e. The number of hydrogen-bond acceptors (Lipinski definition) is 4. The zero-order chi connectivity index (χ0) is 11.5. The van der Waals surface area contributed by atoms with Crippen molar-refractivity contribution in [3.8, 4) is 0 Å². The van der Waals surface area contributed by atoms with Crippen LogP contribution in [-0.4, -0.2) is 18.4 Å². The van der Waals surface area contributed by atoms with Gasteiger partial charge in [-0.15, -0.1) is 0 Å². The van der Waals surface area contributed by atoms with E-state index in [1.807, 2.05) is 0 Å². The quantitative estimate of drug-likeness (QED) is 0.432. The minimum absolute atomic E-state index is 0.0643. The van der Waals surface area contributed by atoms with Crippen LogP contribution >= 0.6 is 0 Å². The lowest BCUT2D eigenvalue weighted by Crippen LogP contribution is -2.22. The van der Waals surface area contributed by atoms with Crippen LogP contribution in [0.3, 0.4) is 0 Å². The average molecular weight is 218 g/mol. The predicted molar refractivity (Wildman–Crippen MR) is 55.9 cm³/mol. The summed E-state index contributed by atoms with van der Waals surface area (Å²) in [5, 5.41) is 0. The van der Waals surface area contributed by atoms with Gasteiger partial charge in [0.25, 0.3) is 0 Å². The summed E-state index contributed by atoms with van der Waals surface area (Å²) in [6.07, 6.45) is 1.18. The molecule has 0 N–H and O–H groups in total. The summed E-state index contributed by atoms with van der Waals surface area (Å²) in [7, 11) is 0. The van der Waals surface area contributed by atoms with Gasteiger partial charge < -0.3 is 9.47 Å². The standard InChI is InChI=1S/C12H10O4/c1-2-15-7-10-11(13)8-5-3-4-6-9(8)12(14)16-10/h3-7H,2H2,1H3. The second kappa shape index (κ2) is 4.18. The average Bonchev–Trinajstić information content (AvgIpc) is 2.32. The summed E-state index contributed by atoms with van der Waals surface area (Å²) >= 11 is 0. The van der Waals surface area contributed by atoms with Crippen molar-refractivity contribution in [2.24, 2.45) is 0 Å². The molecule has 1 aromatic rings. The Hall–Kier alpha value is -2.10. The molecule has 4 heteroatoms. The van der Waals surface area contributed by atoms with Crippen molar-refractivity contribution < 1.29 is 19.1 Å². The summed E-state index contributed by atoms with van der Waals surface area (Å²) < 4.78 is 9.82. The van der Waals surface area contributed by atoms with E-state index in [1.54, 1.807) is 31.2 Å². The SMILES string of the molecule is CCOC=C1OC(=O)c2ccccc2C1=O. The molecule has 0 bridgehead atoms. The van der Waals surface area contributed by atoms with E-state index in [-0.39, 0.29) is 11.5 Å². The van der Waals surface area contributed by atoms with Crippen LogP contribution in [0.25, 0.3) is 0 Å². The normalized spacial score (nSPS) is 16.9. The number of carbonyl (C=O) groups excluding carboxylic acids is 2. The summed E-state index contributed by atoms with van der Waals surface area (Å²) in [4.78, 5) is 23.4. The molecule has 1 aliphatic rings. The zero-order valence-corrected chi connectivity index (χ0v) is 8.73. The molecule has 0 spiro atoms. The maximum absolute atomic E-state index is 11.8. The van der Waals surface area contributed by atoms with Crippen LogP contribution in [0.2, 0.25) is 0 Å². The molecule has 16 heavy (non-hydrogen) atoms. The van der Waals surface area contributed by atoms with E-state index in [0.717, 1.165) is 0 Å². The first kappa shape index (κ1) is 10.4. The Balaban J connectivity index is 2.42. The van der Waals surface area contributed by atoms with Gasteiger partial charge in [0.05, 0.1) is 12.2 Å². The molecule has 1 heterocycles. The fourth-order valence-corrected chi connectivity index (χ4v) is 1.43. The van der Waals surface area contributed by atoms with Gasteiger partial charge in [0, 0.05) is 5.56 Å². The van der Waals surface area contributed by atoms with Crippen molar-refractivity contribution in [3.05, 3.63) is 47.4 Å². The number of fused-ring (bicyclic) bond motifs is 1. The number of cyclic esters (lactones) is 1. The van der Waals surface area contributed by atoms with Crippen LogP contribution in [-0.2, 0) is 9.47 Å². The number of benzene rings is 1. The highest BCUT2D eigenvalue weighted by atomic mass is 16.6. The molecular formula is C12H10O4. The van der Waals surface area contributed by atoms with Gasteiger partial charge in [-0.3, -0.25) is 4.79 Å². The molecule has 0 aliphatic carbocycles. The number of carbonyl (C=O) groups is 2. The van der Waals surface area contributed by atoms with Crippen LogP contribution in [0.15, 0.2) is 36.3 Å². The Morgan fingerprint density at radius 1 is 1.25 bits per heavy atom. The van der Waals surface area contributed by atoms with E-state index in [0.29, 0.717) is 17.7 Å². The first-order valence-electron chi connectivity index (χ1n) is 4.91. The van der Waals surface area contributed by atoms with Crippen LogP contribution in [0.5, 0.6) is 0 Å². The molecule has 0 atom stereocenters. The Bertz CT molecular complexity index is 474. The van der Waals surface area contributed by atoms with Crippen LogP contribution in [0, 0.1) is 0 Å². The zero-order valence-electron chi connectivity index (χ0n) is 8.73. The number of rotatable bonds is 2. The fraction of sp³-hybridized carbons (Fsp3) is 0.167. The van der Waals surface area contributed by atoms with Crippen molar-refractivity contribution in [1.29, 1.82) is 0 Å². The van der Waals surface area contributed by atoms with Crippen LogP contribution in [0.1, 0.15) is 27.6 Å². The van der Waals surface area contributed by atoms with E-state index in [4.69, 9.17) is 9.47 Å². The van der Waals surface area contributed by atoms with Crippen LogP contribution < -0.4 is 0 Å². The van der Waals surface area contributed by atoms with E-state index in [1.165, 1.54) is 6.26 Å². The van der Waals surface area contributed by atoms with Crippen molar-refractivity contribution in [2.75, 3.05) is 6.61 Å². The summed E-state index contributed by atoms with van der Waals surface area (Å²) in [5.74, 6) is -0.921. The molecule has 0 fully saturated rings. The smallest absolute Gasteiger partial charge is 0.344 e. The summed E-state index contributed by atoms with van der Waals surface area (Å²) in [6.45, 7) is 2.19.